The molecule has 2 heterocycles. The number of aromatic nitrogens is 3. The third kappa shape index (κ3) is 5.08. The second kappa shape index (κ2) is 9.47. The Morgan fingerprint density at radius 2 is 2.03 bits per heavy atom. The molecule has 29 heavy (non-hydrogen) atoms. The molecule has 8 heteroatoms. The molecule has 0 aliphatic rings. The summed E-state index contributed by atoms with van der Waals surface area (Å²) in [4.78, 5) is 14.3. The number of rotatable bonds is 9. The van der Waals surface area contributed by atoms with Gasteiger partial charge in [-0.3, -0.25) is 9.36 Å². The predicted octanol–water partition coefficient (Wildman–Crippen LogP) is 3.51. The van der Waals surface area contributed by atoms with Gasteiger partial charge < -0.3 is 14.6 Å². The number of amides is 1. The number of aryl methyl sites for hydroxylation is 1. The molecular weight excluding hydrogens is 386 g/mol. The summed E-state index contributed by atoms with van der Waals surface area (Å²) in [5, 5.41) is 12.1. The molecule has 152 valence electrons. The third-order valence-corrected chi connectivity index (χ3v) is 5.37. The first-order valence-electron chi connectivity index (χ1n) is 9.24. The van der Waals surface area contributed by atoms with Crippen molar-refractivity contribution < 1.29 is 9.21 Å². The highest BCUT2D eigenvalue weighted by Crippen LogP contribution is 2.27. The lowest BCUT2D eigenvalue weighted by Gasteiger charge is -2.13. The van der Waals surface area contributed by atoms with Gasteiger partial charge in [-0.25, -0.2) is 0 Å². The number of allylic oxidation sites excluding steroid dienone is 1. The van der Waals surface area contributed by atoms with E-state index in [4.69, 9.17) is 4.42 Å². The van der Waals surface area contributed by atoms with Crippen molar-refractivity contribution in [2.75, 3.05) is 24.7 Å². The summed E-state index contributed by atoms with van der Waals surface area (Å²) in [5.41, 5.74) is 3.07. The number of benzene rings is 1. The first kappa shape index (κ1) is 20.7. The van der Waals surface area contributed by atoms with Crippen LogP contribution in [0.3, 0.4) is 0 Å². The third-order valence-electron chi connectivity index (χ3n) is 4.40. The van der Waals surface area contributed by atoms with Crippen LogP contribution in [0, 0.1) is 6.92 Å². The summed E-state index contributed by atoms with van der Waals surface area (Å²) in [6, 6.07) is 9.97. The van der Waals surface area contributed by atoms with Gasteiger partial charge in [0.05, 0.1) is 17.6 Å². The van der Waals surface area contributed by atoms with Gasteiger partial charge in [0.15, 0.2) is 11.0 Å². The second-order valence-electron chi connectivity index (χ2n) is 6.72. The smallest absolute Gasteiger partial charge is 0.230 e. The molecule has 0 spiro atoms. The Morgan fingerprint density at radius 3 is 2.66 bits per heavy atom. The second-order valence-corrected chi connectivity index (χ2v) is 7.66. The van der Waals surface area contributed by atoms with E-state index in [2.05, 4.69) is 22.1 Å². The van der Waals surface area contributed by atoms with Crippen molar-refractivity contribution in [1.29, 1.82) is 0 Å². The van der Waals surface area contributed by atoms with E-state index in [1.165, 1.54) is 11.8 Å². The van der Waals surface area contributed by atoms with Crippen molar-refractivity contribution in [3.63, 3.8) is 0 Å². The van der Waals surface area contributed by atoms with Gasteiger partial charge >= 0.3 is 0 Å². The fraction of sp³-hybridized carbons (Fsp3) is 0.286. The molecule has 0 unspecified atom stereocenters. The Bertz CT molecular complexity index is 975. The van der Waals surface area contributed by atoms with E-state index in [0.29, 0.717) is 24.1 Å². The van der Waals surface area contributed by atoms with Crippen LogP contribution in [0.2, 0.25) is 0 Å². The first-order chi connectivity index (χ1) is 14.0. The highest BCUT2D eigenvalue weighted by molar-refractivity contribution is 7.99. The van der Waals surface area contributed by atoms with Crippen molar-refractivity contribution in [2.45, 2.75) is 25.2 Å². The highest BCUT2D eigenvalue weighted by Gasteiger charge is 2.17. The maximum atomic E-state index is 12.3. The summed E-state index contributed by atoms with van der Waals surface area (Å²) >= 11 is 1.35. The molecule has 0 atom stereocenters. The van der Waals surface area contributed by atoms with Crippen LogP contribution in [0.1, 0.15) is 11.3 Å². The molecule has 2 aromatic heterocycles. The van der Waals surface area contributed by atoms with Crippen molar-refractivity contribution in [3.05, 3.63) is 60.6 Å². The average molecular weight is 412 g/mol. The topological polar surface area (TPSA) is 76.2 Å². The first-order valence-corrected chi connectivity index (χ1v) is 10.2. The van der Waals surface area contributed by atoms with Gasteiger partial charge in [0.1, 0.15) is 5.76 Å². The number of nitrogens with zero attached hydrogens (tertiary/aromatic N) is 4. The van der Waals surface area contributed by atoms with Crippen molar-refractivity contribution in [2.24, 2.45) is 0 Å². The summed E-state index contributed by atoms with van der Waals surface area (Å²) in [6.07, 6.45) is 3.41. The Morgan fingerprint density at radius 1 is 1.28 bits per heavy atom. The average Bonchev–Trinajstić information content (AvgIpc) is 3.31. The van der Waals surface area contributed by atoms with E-state index in [1.54, 1.807) is 12.3 Å². The van der Waals surface area contributed by atoms with Gasteiger partial charge in [0.25, 0.3) is 0 Å². The number of thioether (sulfide) groups is 1. The Balaban J connectivity index is 1.59. The zero-order chi connectivity index (χ0) is 20.8. The fourth-order valence-electron chi connectivity index (χ4n) is 2.80. The molecule has 0 aliphatic carbocycles. The highest BCUT2D eigenvalue weighted by atomic mass is 32.2. The van der Waals surface area contributed by atoms with Gasteiger partial charge in [0, 0.05) is 32.9 Å². The molecule has 0 saturated carbocycles. The summed E-state index contributed by atoms with van der Waals surface area (Å²) < 4.78 is 7.31. The van der Waals surface area contributed by atoms with Crippen LogP contribution >= 0.6 is 11.8 Å². The van der Waals surface area contributed by atoms with Gasteiger partial charge in [-0.15, -0.1) is 16.8 Å². The molecule has 1 amide bonds. The Hall–Kier alpha value is -3.00. The lowest BCUT2D eigenvalue weighted by molar-refractivity contribution is -0.118. The monoisotopic (exact) mass is 411 g/mol. The molecule has 7 nitrogen and oxygen atoms in total. The zero-order valence-electron chi connectivity index (χ0n) is 16.9. The van der Waals surface area contributed by atoms with E-state index < -0.39 is 0 Å². The molecule has 0 fully saturated rings. The van der Waals surface area contributed by atoms with E-state index in [-0.39, 0.29) is 11.7 Å². The normalized spacial score (nSPS) is 10.7. The number of furan rings is 1. The fourth-order valence-corrected chi connectivity index (χ4v) is 3.58. The zero-order valence-corrected chi connectivity index (χ0v) is 17.7. The molecular formula is C21H25N5O2S. The number of hydrogen-bond acceptors (Lipinski definition) is 6. The molecule has 1 aromatic carbocycles. The molecule has 1 N–H and O–H groups in total. The maximum Gasteiger partial charge on any atom is 0.230 e. The lowest BCUT2D eigenvalue weighted by atomic mass is 10.2. The SMILES string of the molecule is C=CCn1c(SCC(=O)NCc2ccc(N(C)C)cc2)nnc1-c1ccoc1C. The molecule has 0 aliphatic heterocycles. The van der Waals surface area contributed by atoms with E-state index in [1.807, 2.05) is 60.8 Å². The standard InChI is InChI=1S/C21H25N5O2S/c1-5-11-26-20(18-10-12-28-15(18)2)23-24-21(26)29-14-19(27)22-13-16-6-8-17(9-7-16)25(3)4/h5-10,12H,1,11,13-14H2,2-4H3,(H,22,27). The van der Waals surface area contributed by atoms with Crippen LogP contribution < -0.4 is 10.2 Å². The Kier molecular flexibility index (Phi) is 6.77. The van der Waals surface area contributed by atoms with Crippen molar-refractivity contribution in [1.82, 2.24) is 20.1 Å². The number of carbonyl (C=O) groups is 1. The van der Waals surface area contributed by atoms with Gasteiger partial charge in [-0.2, -0.15) is 0 Å². The largest absolute Gasteiger partial charge is 0.469 e. The maximum absolute atomic E-state index is 12.3. The van der Waals surface area contributed by atoms with Crippen LogP contribution in [0.25, 0.3) is 11.4 Å². The number of hydrogen-bond donors (Lipinski definition) is 1. The molecule has 3 rings (SSSR count). The minimum absolute atomic E-state index is 0.0547. The minimum atomic E-state index is -0.0547. The van der Waals surface area contributed by atoms with Crippen LogP contribution in [-0.4, -0.2) is 40.5 Å². The van der Waals surface area contributed by atoms with Gasteiger partial charge in [-0.1, -0.05) is 30.0 Å². The minimum Gasteiger partial charge on any atom is -0.469 e. The predicted molar refractivity (Wildman–Crippen MR) is 116 cm³/mol. The quantitative estimate of drug-likeness (QED) is 0.429. The lowest BCUT2D eigenvalue weighted by Crippen LogP contribution is -2.24. The van der Waals surface area contributed by atoms with Crippen LogP contribution in [0.15, 0.2) is 58.8 Å². The van der Waals surface area contributed by atoms with Crippen molar-refractivity contribution in [3.8, 4) is 11.4 Å². The van der Waals surface area contributed by atoms with E-state index in [0.717, 1.165) is 22.6 Å². The van der Waals surface area contributed by atoms with Crippen LogP contribution in [0.4, 0.5) is 5.69 Å². The van der Waals surface area contributed by atoms with Crippen molar-refractivity contribution >= 4 is 23.4 Å². The van der Waals surface area contributed by atoms with Crippen LogP contribution in [-0.2, 0) is 17.9 Å². The molecule has 0 radical (unpaired) electrons. The van der Waals surface area contributed by atoms with E-state index >= 15 is 0 Å². The summed E-state index contributed by atoms with van der Waals surface area (Å²) in [5.74, 6) is 1.69. The number of carbonyl (C=O) groups excluding carboxylic acids is 1. The van der Waals surface area contributed by atoms with E-state index in [9.17, 15) is 4.79 Å². The van der Waals surface area contributed by atoms with Gasteiger partial charge in [0.2, 0.25) is 5.91 Å². The molecule has 0 bridgehead atoms. The number of anilines is 1. The number of nitrogens with one attached hydrogen (secondary N) is 1. The van der Waals surface area contributed by atoms with Crippen LogP contribution in [0.5, 0.6) is 0 Å². The summed E-state index contributed by atoms with van der Waals surface area (Å²) in [7, 11) is 4.00. The molecule has 0 saturated heterocycles. The summed E-state index contributed by atoms with van der Waals surface area (Å²) in [6.45, 7) is 6.73. The Labute approximate surface area is 174 Å². The van der Waals surface area contributed by atoms with Gasteiger partial charge in [-0.05, 0) is 30.7 Å². The molecule has 3 aromatic rings.